The number of benzene rings is 1. The first-order chi connectivity index (χ1) is 23.0. The molecular weight excluding hydrogens is 632 g/mol. The van der Waals surface area contributed by atoms with E-state index in [1.807, 2.05) is 6.07 Å². The monoisotopic (exact) mass is 709 g/mol. The fourth-order valence-corrected chi connectivity index (χ4v) is 7.88. The molecule has 0 unspecified atom stereocenters. The van der Waals surface area contributed by atoms with E-state index in [-0.39, 0.29) is 0 Å². The van der Waals surface area contributed by atoms with Crippen LogP contribution in [-0.4, -0.2) is 0 Å². The maximum absolute atomic E-state index is 11.9. The molecule has 1 aromatic rings. The smallest absolute Gasteiger partial charge is 0.168 e. The Balaban J connectivity index is 2.15. The number of hydrogen-bond acceptors (Lipinski definition) is 4. The summed E-state index contributed by atoms with van der Waals surface area (Å²) >= 11 is 9.75. The molecule has 0 saturated carbocycles. The van der Waals surface area contributed by atoms with Crippen molar-refractivity contribution in [1.29, 1.82) is 0 Å². The van der Waals surface area contributed by atoms with Gasteiger partial charge in [-0.1, -0.05) is 213 Å². The quantitative estimate of drug-likeness (QED) is 0.0395. The Kier molecular flexibility index (Phi) is 31.9. The Hall–Kier alpha value is 0.110. The summed E-state index contributed by atoms with van der Waals surface area (Å²) in [5.74, 6) is 0.584. The van der Waals surface area contributed by atoms with Gasteiger partial charge in [-0.05, 0) is 48.9 Å². The van der Waals surface area contributed by atoms with Crippen molar-refractivity contribution in [3.63, 3.8) is 0 Å². The van der Waals surface area contributed by atoms with Gasteiger partial charge < -0.3 is 33.9 Å². The van der Waals surface area contributed by atoms with E-state index in [0.717, 1.165) is 12.8 Å². The summed E-state index contributed by atoms with van der Waals surface area (Å²) in [7, 11) is 0. The Morgan fingerprint density at radius 3 is 1.00 bits per heavy atom. The number of rotatable bonds is 36. The van der Waals surface area contributed by atoms with E-state index >= 15 is 0 Å². The average molecular weight is 709 g/mol. The van der Waals surface area contributed by atoms with Crippen LogP contribution in [0.5, 0.6) is 5.75 Å². The molecule has 0 atom stereocenters. The molecule has 1 aromatic carbocycles. The van der Waals surface area contributed by atoms with Gasteiger partial charge in [-0.15, -0.1) is 6.12 Å². The van der Waals surface area contributed by atoms with Crippen LogP contribution in [0.2, 0.25) is 0 Å². The summed E-state index contributed by atoms with van der Waals surface area (Å²) in [5, 5.41) is 0. The van der Waals surface area contributed by atoms with Crippen molar-refractivity contribution in [2.45, 2.75) is 232 Å². The molecule has 0 aromatic heterocycles. The highest BCUT2D eigenvalue weighted by molar-refractivity contribution is 8.69. The van der Waals surface area contributed by atoms with Crippen LogP contribution in [0.1, 0.15) is 230 Å². The van der Waals surface area contributed by atoms with Crippen molar-refractivity contribution < 1.29 is 9.42 Å². The number of hydrogen-bond donors (Lipinski definition) is 0. The van der Waals surface area contributed by atoms with Crippen molar-refractivity contribution in [3.05, 3.63) is 29.3 Å². The van der Waals surface area contributed by atoms with E-state index in [1.54, 1.807) is 0 Å². The van der Waals surface area contributed by atoms with Crippen molar-refractivity contribution >= 4 is 30.6 Å². The van der Waals surface area contributed by atoms with E-state index in [4.69, 9.17) is 29.0 Å². The highest BCUT2D eigenvalue weighted by Crippen LogP contribution is 2.46. The molecule has 2 nitrogen and oxygen atoms in total. The zero-order chi connectivity index (χ0) is 34.1. The standard InChI is InChI=1S/C42H79O2PS2/c1-3-5-7-9-11-13-15-17-19-21-23-25-27-29-31-33-35-40-37-38-42(44-45(43,46)47)39-41(40)36-34-32-30-28-26-24-22-20-18-16-14-12-10-8-6-4-2/h37-39H,3-36H2,1-2H3,(H2,43,46,47)/p-2. The van der Waals surface area contributed by atoms with Gasteiger partial charge in [0.2, 0.25) is 0 Å². The van der Waals surface area contributed by atoms with Crippen molar-refractivity contribution in [3.8, 4) is 5.75 Å². The third-order valence-corrected chi connectivity index (χ3v) is 10.9. The van der Waals surface area contributed by atoms with E-state index in [2.05, 4.69) is 26.0 Å². The van der Waals surface area contributed by atoms with Crippen LogP contribution in [0.3, 0.4) is 0 Å². The maximum Gasteiger partial charge on any atom is 0.168 e. The lowest BCUT2D eigenvalue weighted by Crippen LogP contribution is -2.09. The van der Waals surface area contributed by atoms with Gasteiger partial charge in [-0.3, -0.25) is 0 Å². The van der Waals surface area contributed by atoms with E-state index in [9.17, 15) is 4.89 Å². The lowest BCUT2D eigenvalue weighted by atomic mass is 9.96. The Bertz CT molecular complexity index is 797. The van der Waals surface area contributed by atoms with Gasteiger partial charge in [0.25, 0.3) is 0 Å². The topological polar surface area (TPSA) is 32.3 Å². The molecule has 0 spiro atoms. The predicted molar refractivity (Wildman–Crippen MR) is 215 cm³/mol. The zero-order valence-electron chi connectivity index (χ0n) is 31.4. The fraction of sp³-hybridized carbons (Fsp3) is 0.857. The first-order valence-corrected chi connectivity index (χ1v) is 24.4. The largest absolute Gasteiger partial charge is 0.682 e. The third kappa shape index (κ3) is 30.6. The molecule has 0 radical (unpaired) electrons. The van der Waals surface area contributed by atoms with Gasteiger partial charge in [0.15, 0.2) is 5.75 Å². The van der Waals surface area contributed by atoms with E-state index in [1.165, 1.54) is 217 Å². The molecule has 0 bridgehead atoms. The maximum atomic E-state index is 11.9. The summed E-state index contributed by atoms with van der Waals surface area (Å²) in [6, 6.07) is 6.16. The zero-order valence-corrected chi connectivity index (χ0v) is 33.9. The second-order valence-corrected chi connectivity index (χ2v) is 19.2. The number of aryl methyl sites for hydroxylation is 2. The van der Waals surface area contributed by atoms with Crippen LogP contribution < -0.4 is 9.42 Å². The molecule has 1 rings (SSSR count). The van der Waals surface area contributed by atoms with Gasteiger partial charge in [0, 0.05) is 0 Å². The normalized spacial score (nSPS) is 11.9. The summed E-state index contributed by atoms with van der Waals surface area (Å²) in [4.78, 5) is 11.9. The van der Waals surface area contributed by atoms with Crippen LogP contribution in [0.25, 0.3) is 0 Å². The number of unbranched alkanes of at least 4 members (excludes halogenated alkanes) is 30. The van der Waals surface area contributed by atoms with Gasteiger partial charge in [0.05, 0.1) is 0 Å². The van der Waals surface area contributed by atoms with Crippen molar-refractivity contribution in [2.75, 3.05) is 0 Å². The van der Waals surface area contributed by atoms with Crippen LogP contribution in [0.4, 0.5) is 0 Å². The van der Waals surface area contributed by atoms with E-state index in [0.29, 0.717) is 5.75 Å². The lowest BCUT2D eigenvalue weighted by molar-refractivity contribution is -0.169. The summed E-state index contributed by atoms with van der Waals surface area (Å²) in [6.07, 6.45) is 43.4. The first kappa shape index (κ1) is 45.1. The fourth-order valence-electron chi connectivity index (χ4n) is 6.99. The predicted octanol–water partition coefficient (Wildman–Crippen LogP) is 14.8. The SMILES string of the molecule is CCCCCCCCCCCCCCCCCCc1ccc(O[P+]([O-])([S-])[S-])cc1CCCCCCCCCCCCCCCCCC. The van der Waals surface area contributed by atoms with Crippen LogP contribution in [0.15, 0.2) is 18.2 Å². The van der Waals surface area contributed by atoms with E-state index < -0.39 is 6.12 Å². The molecule has 0 N–H and O–H groups in total. The second kappa shape index (κ2) is 33.3. The molecule has 0 fully saturated rings. The third-order valence-electron chi connectivity index (χ3n) is 9.99. The first-order valence-electron chi connectivity index (χ1n) is 20.8. The minimum Gasteiger partial charge on any atom is -0.682 e. The molecule has 276 valence electrons. The van der Waals surface area contributed by atoms with Crippen LogP contribution in [-0.2, 0) is 37.3 Å². The Morgan fingerprint density at radius 2 is 0.702 bits per heavy atom. The average Bonchev–Trinajstić information content (AvgIpc) is 3.04. The Morgan fingerprint density at radius 1 is 0.426 bits per heavy atom. The van der Waals surface area contributed by atoms with Gasteiger partial charge in [-0.25, -0.2) is 0 Å². The second-order valence-electron chi connectivity index (χ2n) is 14.6. The molecule has 47 heavy (non-hydrogen) atoms. The van der Waals surface area contributed by atoms with Crippen molar-refractivity contribution in [2.24, 2.45) is 0 Å². The van der Waals surface area contributed by atoms with Crippen LogP contribution >= 0.6 is 6.12 Å². The molecule has 0 heterocycles. The highest BCUT2D eigenvalue weighted by Gasteiger charge is 2.08. The highest BCUT2D eigenvalue weighted by atomic mass is 33.1. The summed E-state index contributed by atoms with van der Waals surface area (Å²) < 4.78 is 5.45. The van der Waals surface area contributed by atoms with Gasteiger partial charge >= 0.3 is 0 Å². The minimum atomic E-state index is -3.37. The van der Waals surface area contributed by atoms with Crippen molar-refractivity contribution in [1.82, 2.24) is 0 Å². The molecule has 5 heteroatoms. The molecule has 0 aliphatic heterocycles. The van der Waals surface area contributed by atoms with Gasteiger partial charge in [-0.2, -0.15) is 0 Å². The van der Waals surface area contributed by atoms with Crippen LogP contribution in [0, 0.1) is 0 Å². The molecule has 0 saturated heterocycles. The molecule has 0 aliphatic carbocycles. The lowest BCUT2D eigenvalue weighted by Gasteiger charge is -2.42. The molecule has 0 amide bonds. The summed E-state index contributed by atoms with van der Waals surface area (Å²) in [6.45, 7) is 4.59. The summed E-state index contributed by atoms with van der Waals surface area (Å²) in [5.41, 5.74) is 2.76. The molecular formula is C42H77O2PS2-2. The van der Waals surface area contributed by atoms with Gasteiger partial charge in [0.1, 0.15) is 0 Å². The Labute approximate surface area is 306 Å². The minimum absolute atomic E-state index is 0.584. The molecule has 0 aliphatic rings.